The Hall–Kier alpha value is -2.62. The topological polar surface area (TPSA) is 41.9 Å². The number of benzene rings is 2. The minimum Gasteiger partial charge on any atom is -0.465 e. The van der Waals surface area contributed by atoms with Crippen LogP contribution in [0.15, 0.2) is 59.7 Å². The van der Waals surface area contributed by atoms with Crippen molar-refractivity contribution < 1.29 is 9.53 Å². The van der Waals surface area contributed by atoms with E-state index in [0.717, 1.165) is 29.9 Å². The minimum atomic E-state index is -0.319. The van der Waals surface area contributed by atoms with E-state index >= 15 is 0 Å². The Labute approximate surface area is 123 Å². The van der Waals surface area contributed by atoms with Gasteiger partial charge in [-0.3, -0.25) is 5.01 Å². The van der Waals surface area contributed by atoms with Gasteiger partial charge in [-0.25, -0.2) is 4.79 Å². The maximum absolute atomic E-state index is 11.4. The summed E-state index contributed by atoms with van der Waals surface area (Å²) in [6.07, 6.45) is 0.895. The Bertz CT molecular complexity index is 663. The van der Waals surface area contributed by atoms with Gasteiger partial charge in [-0.05, 0) is 29.8 Å². The number of hydrogen-bond donors (Lipinski definition) is 0. The predicted octanol–water partition coefficient (Wildman–Crippen LogP) is 3.09. The maximum atomic E-state index is 11.4. The Balaban J connectivity index is 1.80. The standard InChI is InChI=1S/C17H16N2O2/c1-21-17(20)14-9-7-13(8-10-14)16-11-12-19(18-16)15-5-3-2-4-6-15/h2-10H,11-12H2,1H3. The van der Waals surface area contributed by atoms with Crippen LogP contribution >= 0.6 is 0 Å². The number of anilines is 1. The molecule has 0 aliphatic carbocycles. The van der Waals surface area contributed by atoms with E-state index < -0.39 is 0 Å². The predicted molar refractivity (Wildman–Crippen MR) is 82.7 cm³/mol. The van der Waals surface area contributed by atoms with Crippen molar-refractivity contribution in [1.29, 1.82) is 0 Å². The van der Waals surface area contributed by atoms with Crippen molar-refractivity contribution in [3.05, 3.63) is 65.7 Å². The average molecular weight is 280 g/mol. The number of carbonyl (C=O) groups is 1. The molecule has 106 valence electrons. The number of esters is 1. The van der Waals surface area contributed by atoms with E-state index in [1.807, 2.05) is 47.5 Å². The molecule has 0 radical (unpaired) electrons. The highest BCUT2D eigenvalue weighted by atomic mass is 16.5. The van der Waals surface area contributed by atoms with Gasteiger partial charge in [0.1, 0.15) is 0 Å². The van der Waals surface area contributed by atoms with E-state index in [0.29, 0.717) is 5.56 Å². The quantitative estimate of drug-likeness (QED) is 0.811. The molecule has 0 unspecified atom stereocenters. The van der Waals surface area contributed by atoms with Crippen LogP contribution in [-0.2, 0) is 4.74 Å². The van der Waals surface area contributed by atoms with Gasteiger partial charge in [0.25, 0.3) is 0 Å². The van der Waals surface area contributed by atoms with Crippen molar-refractivity contribution in [2.45, 2.75) is 6.42 Å². The van der Waals surface area contributed by atoms with Gasteiger partial charge in [0.2, 0.25) is 0 Å². The second-order valence-corrected chi connectivity index (χ2v) is 4.82. The molecule has 0 saturated carbocycles. The molecule has 4 nitrogen and oxygen atoms in total. The largest absolute Gasteiger partial charge is 0.465 e. The number of para-hydroxylation sites is 1. The normalized spacial score (nSPS) is 14.0. The zero-order valence-corrected chi connectivity index (χ0v) is 11.8. The van der Waals surface area contributed by atoms with Crippen LogP contribution in [0, 0.1) is 0 Å². The number of rotatable bonds is 3. The third-order valence-corrected chi connectivity index (χ3v) is 3.50. The summed E-state index contributed by atoms with van der Waals surface area (Å²) in [6.45, 7) is 0.873. The van der Waals surface area contributed by atoms with Gasteiger partial charge in [0.15, 0.2) is 0 Å². The van der Waals surface area contributed by atoms with E-state index in [2.05, 4.69) is 5.10 Å². The Morgan fingerprint density at radius 2 is 1.81 bits per heavy atom. The van der Waals surface area contributed by atoms with Crippen molar-refractivity contribution >= 4 is 17.4 Å². The van der Waals surface area contributed by atoms with Gasteiger partial charge in [0, 0.05) is 13.0 Å². The molecular weight excluding hydrogens is 264 g/mol. The first-order valence-corrected chi connectivity index (χ1v) is 6.87. The Morgan fingerprint density at radius 3 is 2.48 bits per heavy atom. The second kappa shape index (κ2) is 5.79. The van der Waals surface area contributed by atoms with Gasteiger partial charge < -0.3 is 4.74 Å². The number of nitrogens with zero attached hydrogens (tertiary/aromatic N) is 2. The highest BCUT2D eigenvalue weighted by Crippen LogP contribution is 2.21. The molecule has 4 heteroatoms. The molecule has 0 saturated heterocycles. The summed E-state index contributed by atoms with van der Waals surface area (Å²) in [4.78, 5) is 11.4. The SMILES string of the molecule is COC(=O)c1ccc(C2=NN(c3ccccc3)CC2)cc1. The molecule has 1 aliphatic rings. The lowest BCUT2D eigenvalue weighted by atomic mass is 10.1. The molecule has 1 aliphatic heterocycles. The summed E-state index contributed by atoms with van der Waals surface area (Å²) in [7, 11) is 1.38. The first-order chi connectivity index (χ1) is 10.3. The third kappa shape index (κ3) is 2.79. The maximum Gasteiger partial charge on any atom is 0.337 e. The molecule has 1 heterocycles. The van der Waals surface area contributed by atoms with Gasteiger partial charge in [-0.15, -0.1) is 0 Å². The summed E-state index contributed by atoms with van der Waals surface area (Å²) in [5, 5.41) is 6.66. The van der Waals surface area contributed by atoms with Gasteiger partial charge in [-0.2, -0.15) is 5.10 Å². The fourth-order valence-electron chi connectivity index (χ4n) is 2.36. The summed E-state index contributed by atoms with van der Waals surface area (Å²) >= 11 is 0. The average Bonchev–Trinajstić information content (AvgIpc) is 3.05. The second-order valence-electron chi connectivity index (χ2n) is 4.82. The van der Waals surface area contributed by atoms with Crippen LogP contribution in [0.3, 0.4) is 0 Å². The molecule has 0 spiro atoms. The van der Waals surface area contributed by atoms with Crippen LogP contribution in [0.25, 0.3) is 0 Å². The van der Waals surface area contributed by atoms with Crippen LogP contribution in [0.4, 0.5) is 5.69 Å². The zero-order chi connectivity index (χ0) is 14.7. The van der Waals surface area contributed by atoms with Crippen LogP contribution in [0.5, 0.6) is 0 Å². The van der Waals surface area contributed by atoms with Crippen LogP contribution in [0.1, 0.15) is 22.3 Å². The molecular formula is C17H16N2O2. The number of methoxy groups -OCH3 is 1. The van der Waals surface area contributed by atoms with Crippen molar-refractivity contribution in [3.63, 3.8) is 0 Å². The fraction of sp³-hybridized carbons (Fsp3) is 0.176. The van der Waals surface area contributed by atoms with Crippen molar-refractivity contribution in [3.8, 4) is 0 Å². The van der Waals surface area contributed by atoms with E-state index in [9.17, 15) is 4.79 Å². The minimum absolute atomic E-state index is 0.319. The lowest BCUT2D eigenvalue weighted by Crippen LogP contribution is -2.11. The van der Waals surface area contributed by atoms with E-state index in [1.54, 1.807) is 12.1 Å². The van der Waals surface area contributed by atoms with E-state index in [-0.39, 0.29) is 5.97 Å². The lowest BCUT2D eigenvalue weighted by molar-refractivity contribution is 0.0600. The molecule has 3 rings (SSSR count). The fourth-order valence-corrected chi connectivity index (χ4v) is 2.36. The Morgan fingerprint density at radius 1 is 1.10 bits per heavy atom. The summed E-state index contributed by atoms with van der Waals surface area (Å²) in [6, 6.07) is 17.5. The lowest BCUT2D eigenvalue weighted by Gasteiger charge is -2.12. The number of carbonyl (C=O) groups excluding carboxylic acids is 1. The monoisotopic (exact) mass is 280 g/mol. The molecule has 0 N–H and O–H groups in total. The number of hydrogen-bond acceptors (Lipinski definition) is 4. The van der Waals surface area contributed by atoms with Crippen molar-refractivity contribution in [2.24, 2.45) is 5.10 Å². The molecule has 0 fully saturated rings. The number of hydrazone groups is 1. The highest BCUT2D eigenvalue weighted by molar-refractivity contribution is 6.03. The van der Waals surface area contributed by atoms with Crippen LogP contribution < -0.4 is 5.01 Å². The molecule has 0 bridgehead atoms. The molecule has 2 aromatic carbocycles. The van der Waals surface area contributed by atoms with E-state index in [4.69, 9.17) is 4.74 Å². The molecule has 0 atom stereocenters. The zero-order valence-electron chi connectivity index (χ0n) is 11.8. The van der Waals surface area contributed by atoms with Gasteiger partial charge in [0.05, 0.1) is 24.1 Å². The van der Waals surface area contributed by atoms with Gasteiger partial charge in [-0.1, -0.05) is 30.3 Å². The molecule has 21 heavy (non-hydrogen) atoms. The third-order valence-electron chi connectivity index (χ3n) is 3.50. The smallest absolute Gasteiger partial charge is 0.337 e. The number of ether oxygens (including phenoxy) is 1. The first kappa shape index (κ1) is 13.4. The molecule has 0 amide bonds. The van der Waals surface area contributed by atoms with Crippen LogP contribution in [0.2, 0.25) is 0 Å². The van der Waals surface area contributed by atoms with E-state index in [1.165, 1.54) is 7.11 Å². The summed E-state index contributed by atoms with van der Waals surface area (Å²) in [5.74, 6) is -0.319. The summed E-state index contributed by atoms with van der Waals surface area (Å²) < 4.78 is 4.70. The van der Waals surface area contributed by atoms with Crippen LogP contribution in [-0.4, -0.2) is 25.3 Å². The highest BCUT2D eigenvalue weighted by Gasteiger charge is 2.17. The molecule has 0 aromatic heterocycles. The van der Waals surface area contributed by atoms with Gasteiger partial charge >= 0.3 is 5.97 Å². The first-order valence-electron chi connectivity index (χ1n) is 6.87. The van der Waals surface area contributed by atoms with Crippen molar-refractivity contribution in [1.82, 2.24) is 0 Å². The Kier molecular flexibility index (Phi) is 3.69. The summed E-state index contributed by atoms with van der Waals surface area (Å²) in [5.41, 5.74) is 3.73. The van der Waals surface area contributed by atoms with Crippen molar-refractivity contribution in [2.75, 3.05) is 18.7 Å². The molecule has 2 aromatic rings.